The summed E-state index contributed by atoms with van der Waals surface area (Å²) in [5.74, 6) is -1.17. The summed E-state index contributed by atoms with van der Waals surface area (Å²) in [5, 5.41) is 10.7. The fourth-order valence-electron chi connectivity index (χ4n) is 4.75. The van der Waals surface area contributed by atoms with Gasteiger partial charge in [-0.1, -0.05) is 62.7 Å². The average molecular weight is 541 g/mol. The second-order valence-corrected chi connectivity index (χ2v) is 10.1. The van der Waals surface area contributed by atoms with Gasteiger partial charge in [-0.05, 0) is 35.1 Å². The zero-order chi connectivity index (χ0) is 28.4. The Labute approximate surface area is 229 Å². The van der Waals surface area contributed by atoms with E-state index in [0.717, 1.165) is 22.8 Å². The molecule has 10 nitrogen and oxygen atoms in total. The van der Waals surface area contributed by atoms with E-state index < -0.39 is 30.1 Å². The number of fused-ring (bicyclic) bond motifs is 1. The lowest BCUT2D eigenvalue weighted by Gasteiger charge is -2.34. The maximum absolute atomic E-state index is 13.3. The summed E-state index contributed by atoms with van der Waals surface area (Å²) >= 11 is 0. The van der Waals surface area contributed by atoms with Crippen molar-refractivity contribution in [3.8, 4) is 0 Å². The number of methoxy groups -OCH3 is 2. The molecule has 10 heteroatoms. The summed E-state index contributed by atoms with van der Waals surface area (Å²) in [7, 11) is 2.69. The van der Waals surface area contributed by atoms with E-state index >= 15 is 0 Å². The van der Waals surface area contributed by atoms with Crippen molar-refractivity contribution >= 4 is 34.5 Å². The summed E-state index contributed by atoms with van der Waals surface area (Å²) in [5.41, 5.74) is 1.000. The molecule has 1 aliphatic heterocycles. The molecule has 0 aliphatic carbocycles. The van der Waals surface area contributed by atoms with Gasteiger partial charge < -0.3 is 25.4 Å². The molecule has 1 saturated heterocycles. The SMILES string of the molecule is CC[C@H](C)CC(NC(=O)[C@@H]1CCC(=O)N1)N(CC(=O)N[C@@H](COC)C(=O)OC)Cc1cccc2ccccc12. The number of esters is 1. The topological polar surface area (TPSA) is 126 Å². The minimum atomic E-state index is -0.955. The second kappa shape index (κ2) is 14.6. The van der Waals surface area contributed by atoms with Crippen molar-refractivity contribution in [1.82, 2.24) is 20.9 Å². The van der Waals surface area contributed by atoms with Crippen LogP contribution in [0.5, 0.6) is 0 Å². The smallest absolute Gasteiger partial charge is 0.330 e. The van der Waals surface area contributed by atoms with E-state index in [1.165, 1.54) is 14.2 Å². The van der Waals surface area contributed by atoms with E-state index in [1.807, 2.05) is 47.4 Å². The molecule has 2 aromatic carbocycles. The lowest BCUT2D eigenvalue weighted by molar-refractivity contribution is -0.146. The van der Waals surface area contributed by atoms with Crippen LogP contribution in [0.3, 0.4) is 0 Å². The van der Waals surface area contributed by atoms with Crippen molar-refractivity contribution in [2.75, 3.05) is 27.4 Å². The molecule has 3 N–H and O–H groups in total. The Kier molecular flexibility index (Phi) is 11.2. The molecule has 1 unspecified atom stereocenters. The molecule has 2 aromatic rings. The van der Waals surface area contributed by atoms with Crippen LogP contribution >= 0.6 is 0 Å². The maximum atomic E-state index is 13.3. The largest absolute Gasteiger partial charge is 0.467 e. The Hall–Kier alpha value is -3.50. The van der Waals surface area contributed by atoms with Gasteiger partial charge in [-0.3, -0.25) is 19.3 Å². The fraction of sp³-hybridized carbons (Fsp3) is 0.517. The molecule has 212 valence electrons. The number of ether oxygens (including phenoxy) is 2. The van der Waals surface area contributed by atoms with Gasteiger partial charge in [0.15, 0.2) is 6.04 Å². The van der Waals surface area contributed by atoms with E-state index in [1.54, 1.807) is 0 Å². The molecular weight excluding hydrogens is 500 g/mol. The van der Waals surface area contributed by atoms with Crippen LogP contribution in [-0.4, -0.2) is 74.2 Å². The molecule has 0 radical (unpaired) electrons. The molecule has 4 atom stereocenters. The van der Waals surface area contributed by atoms with Crippen molar-refractivity contribution < 1.29 is 28.7 Å². The van der Waals surface area contributed by atoms with Gasteiger partial charge in [0.2, 0.25) is 17.7 Å². The number of benzene rings is 2. The first-order valence-electron chi connectivity index (χ1n) is 13.4. The quantitative estimate of drug-likeness (QED) is 0.248. The molecule has 0 bridgehead atoms. The Balaban J connectivity index is 1.92. The number of rotatable bonds is 14. The zero-order valence-electron chi connectivity index (χ0n) is 23.2. The first-order valence-corrected chi connectivity index (χ1v) is 13.4. The van der Waals surface area contributed by atoms with Crippen LogP contribution in [0.15, 0.2) is 42.5 Å². The summed E-state index contributed by atoms with van der Waals surface area (Å²) < 4.78 is 9.90. The second-order valence-electron chi connectivity index (χ2n) is 10.1. The molecule has 1 heterocycles. The highest BCUT2D eigenvalue weighted by molar-refractivity contribution is 5.91. The van der Waals surface area contributed by atoms with Crippen molar-refractivity contribution in [3.63, 3.8) is 0 Å². The third-order valence-corrected chi connectivity index (χ3v) is 7.14. The lowest BCUT2D eigenvalue weighted by Crippen LogP contribution is -2.56. The van der Waals surface area contributed by atoms with Crippen LogP contribution in [0.4, 0.5) is 0 Å². The Morgan fingerprint density at radius 1 is 1.10 bits per heavy atom. The van der Waals surface area contributed by atoms with Crippen molar-refractivity contribution in [1.29, 1.82) is 0 Å². The predicted molar refractivity (Wildman–Crippen MR) is 147 cm³/mol. The van der Waals surface area contributed by atoms with Gasteiger partial charge in [0, 0.05) is 20.1 Å². The van der Waals surface area contributed by atoms with E-state index in [0.29, 0.717) is 25.8 Å². The highest BCUT2D eigenvalue weighted by Gasteiger charge is 2.32. The predicted octanol–water partition coefficient (Wildman–Crippen LogP) is 2.10. The third-order valence-electron chi connectivity index (χ3n) is 7.14. The van der Waals surface area contributed by atoms with Gasteiger partial charge in [-0.15, -0.1) is 0 Å². The Morgan fingerprint density at radius 3 is 2.51 bits per heavy atom. The number of nitrogens with zero attached hydrogens (tertiary/aromatic N) is 1. The number of hydrogen-bond acceptors (Lipinski definition) is 7. The monoisotopic (exact) mass is 540 g/mol. The van der Waals surface area contributed by atoms with Crippen molar-refractivity contribution in [2.45, 2.75) is 64.3 Å². The van der Waals surface area contributed by atoms with Gasteiger partial charge in [0.1, 0.15) is 6.04 Å². The van der Waals surface area contributed by atoms with Gasteiger partial charge >= 0.3 is 5.97 Å². The minimum Gasteiger partial charge on any atom is -0.467 e. The van der Waals surface area contributed by atoms with E-state index in [-0.39, 0.29) is 30.9 Å². The van der Waals surface area contributed by atoms with Crippen LogP contribution in [-0.2, 0) is 35.2 Å². The molecule has 3 amide bonds. The number of carbonyl (C=O) groups is 4. The minimum absolute atomic E-state index is 0.0316. The normalized spacial score (nSPS) is 17.4. The summed E-state index contributed by atoms with van der Waals surface area (Å²) in [6.07, 6.45) is 1.74. The van der Waals surface area contributed by atoms with Gasteiger partial charge in [0.05, 0.1) is 26.4 Å². The van der Waals surface area contributed by atoms with Crippen LogP contribution in [0.1, 0.15) is 45.1 Å². The first kappa shape index (κ1) is 30.0. The average Bonchev–Trinajstić information content (AvgIpc) is 3.38. The number of hydrogen-bond donors (Lipinski definition) is 3. The van der Waals surface area contributed by atoms with Crippen LogP contribution in [0.2, 0.25) is 0 Å². The standard InChI is InChI=1S/C29H40N4O6/c1-5-19(2)15-25(32-28(36)23-13-14-26(34)30-23)33(17-27(35)31-24(18-38-3)29(37)39-4)16-21-11-8-10-20-9-6-7-12-22(20)21/h6-12,19,23-25H,5,13-18H2,1-4H3,(H,30,34)(H,31,35)(H,32,36)/t19-,23-,24-,25?/m0/s1. The summed E-state index contributed by atoms with van der Waals surface area (Å²) in [4.78, 5) is 52.3. The zero-order valence-corrected chi connectivity index (χ0v) is 23.2. The van der Waals surface area contributed by atoms with E-state index in [2.05, 4.69) is 29.8 Å². The fourth-order valence-corrected chi connectivity index (χ4v) is 4.75. The lowest BCUT2D eigenvalue weighted by atomic mass is 10.00. The maximum Gasteiger partial charge on any atom is 0.330 e. The van der Waals surface area contributed by atoms with Crippen molar-refractivity contribution in [3.05, 3.63) is 48.0 Å². The molecule has 0 saturated carbocycles. The summed E-state index contributed by atoms with van der Waals surface area (Å²) in [6, 6.07) is 12.5. The molecule has 1 fully saturated rings. The van der Waals surface area contributed by atoms with Crippen LogP contribution < -0.4 is 16.0 Å². The van der Waals surface area contributed by atoms with E-state index in [9.17, 15) is 19.2 Å². The Morgan fingerprint density at radius 2 is 1.85 bits per heavy atom. The van der Waals surface area contributed by atoms with Crippen LogP contribution in [0.25, 0.3) is 10.8 Å². The molecule has 0 spiro atoms. The third kappa shape index (κ3) is 8.49. The highest BCUT2D eigenvalue weighted by Crippen LogP contribution is 2.23. The molecule has 39 heavy (non-hydrogen) atoms. The highest BCUT2D eigenvalue weighted by atomic mass is 16.5. The molecule has 3 rings (SSSR count). The van der Waals surface area contributed by atoms with Gasteiger partial charge in [0.25, 0.3) is 0 Å². The van der Waals surface area contributed by atoms with E-state index in [4.69, 9.17) is 9.47 Å². The first-order chi connectivity index (χ1) is 18.7. The number of amides is 3. The molecular formula is C29H40N4O6. The molecule has 1 aliphatic rings. The summed E-state index contributed by atoms with van der Waals surface area (Å²) in [6.45, 7) is 4.43. The van der Waals surface area contributed by atoms with Crippen LogP contribution in [0, 0.1) is 5.92 Å². The number of nitrogens with one attached hydrogen (secondary N) is 3. The Bertz CT molecular complexity index is 1150. The van der Waals surface area contributed by atoms with Crippen molar-refractivity contribution in [2.24, 2.45) is 5.92 Å². The molecule has 0 aromatic heterocycles. The van der Waals surface area contributed by atoms with Gasteiger partial charge in [-0.25, -0.2) is 4.79 Å². The van der Waals surface area contributed by atoms with Gasteiger partial charge in [-0.2, -0.15) is 0 Å². The number of carbonyl (C=O) groups excluding carboxylic acids is 4.